The number of rotatable bonds is 3. The van der Waals surface area contributed by atoms with Gasteiger partial charge in [-0.3, -0.25) is 4.68 Å². The molecule has 1 atom stereocenters. The molecule has 1 aliphatic carbocycles. The van der Waals surface area contributed by atoms with Gasteiger partial charge in [-0.15, -0.1) is 0 Å². The van der Waals surface area contributed by atoms with Gasteiger partial charge in [-0.2, -0.15) is 5.10 Å². The third-order valence-corrected chi connectivity index (χ3v) is 3.31. The fourth-order valence-electron chi connectivity index (χ4n) is 2.68. The first-order chi connectivity index (χ1) is 8.02. The van der Waals surface area contributed by atoms with E-state index < -0.39 is 0 Å². The van der Waals surface area contributed by atoms with Crippen LogP contribution in [0.3, 0.4) is 0 Å². The predicted octanol–water partition coefficient (Wildman–Crippen LogP) is 2.86. The monoisotopic (exact) mass is 234 g/mol. The second kappa shape index (κ2) is 4.65. The molecule has 94 valence electrons. The van der Waals surface area contributed by atoms with Crippen LogP contribution in [0.25, 0.3) is 5.57 Å². The molecule has 3 nitrogen and oxygen atoms in total. The van der Waals surface area contributed by atoms with Gasteiger partial charge in [-0.1, -0.05) is 26.8 Å². The van der Waals surface area contributed by atoms with Crippen molar-refractivity contribution in [2.75, 3.05) is 0 Å². The molecule has 0 bridgehead atoms. The topological polar surface area (TPSA) is 38.0 Å². The lowest BCUT2D eigenvalue weighted by molar-refractivity contribution is 0.146. The van der Waals surface area contributed by atoms with Gasteiger partial charge >= 0.3 is 0 Å². The van der Waals surface area contributed by atoms with E-state index in [1.165, 1.54) is 11.3 Å². The van der Waals surface area contributed by atoms with Gasteiger partial charge in [0, 0.05) is 12.7 Å². The third-order valence-electron chi connectivity index (χ3n) is 3.31. The highest BCUT2D eigenvalue weighted by Gasteiger charge is 2.29. The lowest BCUT2D eigenvalue weighted by atomic mass is 9.75. The molecular weight excluding hydrogens is 212 g/mol. The van der Waals surface area contributed by atoms with Crippen molar-refractivity contribution in [2.24, 2.45) is 5.41 Å². The van der Waals surface area contributed by atoms with E-state index >= 15 is 0 Å². The molecule has 0 radical (unpaired) electrons. The van der Waals surface area contributed by atoms with Crippen molar-refractivity contribution in [1.82, 2.24) is 9.78 Å². The van der Waals surface area contributed by atoms with Gasteiger partial charge in [0.15, 0.2) is 0 Å². The molecule has 1 aromatic heterocycles. The van der Waals surface area contributed by atoms with Crippen LogP contribution in [0.2, 0.25) is 0 Å². The molecule has 0 amide bonds. The largest absolute Gasteiger partial charge is 0.389 e. The van der Waals surface area contributed by atoms with Crippen LogP contribution in [0.15, 0.2) is 18.3 Å². The Hall–Kier alpha value is -1.09. The van der Waals surface area contributed by atoms with Crippen LogP contribution >= 0.6 is 0 Å². The van der Waals surface area contributed by atoms with Crippen molar-refractivity contribution in [2.45, 2.75) is 52.7 Å². The van der Waals surface area contributed by atoms with Crippen LogP contribution in [0.4, 0.5) is 0 Å². The summed E-state index contributed by atoms with van der Waals surface area (Å²) in [7, 11) is 0. The Kier molecular flexibility index (Phi) is 3.38. The Bertz CT molecular complexity index is 418. The quantitative estimate of drug-likeness (QED) is 0.873. The predicted molar refractivity (Wildman–Crippen MR) is 69.5 cm³/mol. The second-order valence-corrected chi connectivity index (χ2v) is 5.74. The fourth-order valence-corrected chi connectivity index (χ4v) is 2.68. The third kappa shape index (κ3) is 2.78. The molecule has 1 heterocycles. The first kappa shape index (κ1) is 12.4. The number of allylic oxidation sites excluding steroid dienone is 1. The Morgan fingerprint density at radius 1 is 1.53 bits per heavy atom. The summed E-state index contributed by atoms with van der Waals surface area (Å²) in [5.74, 6) is 0. The summed E-state index contributed by atoms with van der Waals surface area (Å²) >= 11 is 0. The van der Waals surface area contributed by atoms with E-state index in [9.17, 15) is 5.11 Å². The van der Waals surface area contributed by atoms with Gasteiger partial charge in [0.1, 0.15) is 0 Å². The molecule has 0 aromatic carbocycles. The summed E-state index contributed by atoms with van der Waals surface area (Å²) in [6.45, 7) is 7.52. The summed E-state index contributed by atoms with van der Waals surface area (Å²) in [5, 5.41) is 14.3. The Morgan fingerprint density at radius 2 is 2.29 bits per heavy atom. The molecule has 1 unspecified atom stereocenters. The first-order valence-corrected chi connectivity index (χ1v) is 6.43. The average Bonchev–Trinajstić information content (AvgIpc) is 2.63. The number of aromatic nitrogens is 2. The van der Waals surface area contributed by atoms with Crippen molar-refractivity contribution >= 4 is 5.57 Å². The van der Waals surface area contributed by atoms with Crippen molar-refractivity contribution < 1.29 is 5.11 Å². The lowest BCUT2D eigenvalue weighted by Gasteiger charge is -2.32. The highest BCUT2D eigenvalue weighted by molar-refractivity contribution is 5.64. The number of aryl methyl sites for hydroxylation is 1. The SMILES string of the molecule is CCCn1nccc1C1=CC(O)CC(C)(C)C1. The molecule has 1 aromatic rings. The molecule has 17 heavy (non-hydrogen) atoms. The maximum Gasteiger partial charge on any atom is 0.0732 e. The van der Waals surface area contributed by atoms with Gasteiger partial charge in [0.25, 0.3) is 0 Å². The highest BCUT2D eigenvalue weighted by atomic mass is 16.3. The van der Waals surface area contributed by atoms with Crippen LogP contribution in [-0.2, 0) is 6.54 Å². The lowest BCUT2D eigenvalue weighted by Crippen LogP contribution is -2.25. The number of hydrogen-bond donors (Lipinski definition) is 1. The number of nitrogens with zero attached hydrogens (tertiary/aromatic N) is 2. The zero-order valence-corrected chi connectivity index (χ0v) is 11.0. The highest BCUT2D eigenvalue weighted by Crippen LogP contribution is 2.39. The van der Waals surface area contributed by atoms with Gasteiger partial charge in [0.2, 0.25) is 0 Å². The Labute approximate surface area is 103 Å². The summed E-state index contributed by atoms with van der Waals surface area (Å²) in [5.41, 5.74) is 2.57. The van der Waals surface area contributed by atoms with Crippen LogP contribution in [0, 0.1) is 5.41 Å². The van der Waals surface area contributed by atoms with Gasteiger partial charge in [-0.05, 0) is 36.3 Å². The zero-order valence-electron chi connectivity index (χ0n) is 11.0. The normalized spacial score (nSPS) is 23.5. The molecule has 0 spiro atoms. The second-order valence-electron chi connectivity index (χ2n) is 5.74. The van der Waals surface area contributed by atoms with E-state index in [2.05, 4.69) is 31.9 Å². The smallest absolute Gasteiger partial charge is 0.0732 e. The van der Waals surface area contributed by atoms with Gasteiger partial charge < -0.3 is 5.11 Å². The molecule has 1 N–H and O–H groups in total. The average molecular weight is 234 g/mol. The minimum Gasteiger partial charge on any atom is -0.389 e. The summed E-state index contributed by atoms with van der Waals surface area (Å²) < 4.78 is 2.04. The van der Waals surface area contributed by atoms with Crippen molar-refractivity contribution in [3.63, 3.8) is 0 Å². The number of aliphatic hydroxyl groups excluding tert-OH is 1. The Morgan fingerprint density at radius 3 is 2.94 bits per heavy atom. The molecule has 0 aliphatic heterocycles. The van der Waals surface area contributed by atoms with Crippen molar-refractivity contribution in [3.05, 3.63) is 24.0 Å². The summed E-state index contributed by atoms with van der Waals surface area (Å²) in [6, 6.07) is 2.05. The molecule has 0 saturated carbocycles. The van der Waals surface area contributed by atoms with E-state index in [0.717, 1.165) is 25.8 Å². The zero-order chi connectivity index (χ0) is 12.5. The van der Waals surface area contributed by atoms with E-state index in [4.69, 9.17) is 0 Å². The molecular formula is C14H22N2O. The van der Waals surface area contributed by atoms with Gasteiger partial charge in [0.05, 0.1) is 11.8 Å². The van der Waals surface area contributed by atoms with E-state index in [1.54, 1.807) is 0 Å². The van der Waals surface area contributed by atoms with Crippen LogP contribution < -0.4 is 0 Å². The number of aliphatic hydroxyl groups is 1. The van der Waals surface area contributed by atoms with Crippen LogP contribution in [-0.4, -0.2) is 21.0 Å². The first-order valence-electron chi connectivity index (χ1n) is 6.43. The maximum atomic E-state index is 9.93. The fraction of sp³-hybridized carbons (Fsp3) is 0.643. The van der Waals surface area contributed by atoms with Crippen LogP contribution in [0.1, 0.15) is 45.7 Å². The molecule has 0 fully saturated rings. The summed E-state index contributed by atoms with van der Waals surface area (Å²) in [4.78, 5) is 0. The van der Waals surface area contributed by atoms with Gasteiger partial charge in [-0.25, -0.2) is 0 Å². The molecule has 2 rings (SSSR count). The molecule has 1 aliphatic rings. The number of hydrogen-bond acceptors (Lipinski definition) is 2. The maximum absolute atomic E-state index is 9.93. The standard InChI is InChI=1S/C14H22N2O/c1-4-7-16-13(5-6-15-16)11-8-12(17)10-14(2,3)9-11/h5-6,8,12,17H,4,7,9-10H2,1-3H3. The minimum atomic E-state index is -0.321. The molecule has 3 heteroatoms. The minimum absolute atomic E-state index is 0.171. The molecule has 0 saturated heterocycles. The van der Waals surface area contributed by atoms with E-state index in [0.29, 0.717) is 0 Å². The van der Waals surface area contributed by atoms with E-state index in [-0.39, 0.29) is 11.5 Å². The van der Waals surface area contributed by atoms with Crippen molar-refractivity contribution in [1.29, 1.82) is 0 Å². The van der Waals surface area contributed by atoms with Crippen LogP contribution in [0.5, 0.6) is 0 Å². The Balaban J connectivity index is 2.29. The van der Waals surface area contributed by atoms with Crippen molar-refractivity contribution in [3.8, 4) is 0 Å². The van der Waals surface area contributed by atoms with E-state index in [1.807, 2.05) is 17.0 Å². The summed E-state index contributed by atoms with van der Waals surface area (Å²) in [6.07, 6.45) is 6.46.